The summed E-state index contributed by atoms with van der Waals surface area (Å²) in [5, 5.41) is 7.86. The fourth-order valence-electron chi connectivity index (χ4n) is 3.15. The van der Waals surface area contributed by atoms with Crippen molar-refractivity contribution in [1.82, 2.24) is 15.6 Å². The first-order valence-electron chi connectivity index (χ1n) is 8.78. The summed E-state index contributed by atoms with van der Waals surface area (Å²) in [5.41, 5.74) is 1.26. The van der Waals surface area contributed by atoms with E-state index in [1.165, 1.54) is 10.4 Å². The second-order valence-corrected chi connectivity index (χ2v) is 7.60. The van der Waals surface area contributed by atoms with Gasteiger partial charge in [0.25, 0.3) is 0 Å². The van der Waals surface area contributed by atoms with Crippen LogP contribution in [0, 0.1) is 12.8 Å². The van der Waals surface area contributed by atoms with Gasteiger partial charge >= 0.3 is 0 Å². The lowest BCUT2D eigenvalue weighted by atomic mass is 9.89. The standard InChI is InChI=1S/C19H26N4OS.HI/c1-14-11-21-17(25-14)13-23-19(20-2)22-12-16-9-6-10-24-18(16)15-7-4-3-5-8-15;/h3-5,7-8,11,16,18H,6,9-10,12-13H2,1-2H3,(H2,20,22,23);1H. The Bertz CT molecular complexity index is 692. The summed E-state index contributed by atoms with van der Waals surface area (Å²) in [6.07, 6.45) is 4.33. The molecule has 1 saturated heterocycles. The number of hydrogen-bond acceptors (Lipinski definition) is 4. The van der Waals surface area contributed by atoms with E-state index in [-0.39, 0.29) is 30.1 Å². The molecule has 1 aromatic carbocycles. The first-order valence-corrected chi connectivity index (χ1v) is 9.60. The molecular weight excluding hydrogens is 459 g/mol. The van der Waals surface area contributed by atoms with Crippen LogP contribution in [0.25, 0.3) is 0 Å². The van der Waals surface area contributed by atoms with Crippen LogP contribution in [0.15, 0.2) is 41.5 Å². The molecule has 2 N–H and O–H groups in total. The molecule has 1 fully saturated rings. The topological polar surface area (TPSA) is 58.5 Å². The van der Waals surface area contributed by atoms with Crippen LogP contribution in [-0.4, -0.2) is 31.1 Å². The Kier molecular flexibility index (Phi) is 8.80. The zero-order valence-corrected chi connectivity index (χ0v) is 18.4. The fourth-order valence-corrected chi connectivity index (χ4v) is 3.88. The number of halogens is 1. The quantitative estimate of drug-likeness (QED) is 0.383. The highest BCUT2D eigenvalue weighted by molar-refractivity contribution is 14.0. The number of nitrogens with one attached hydrogen (secondary N) is 2. The van der Waals surface area contributed by atoms with Gasteiger partial charge in [0.1, 0.15) is 5.01 Å². The third-order valence-corrected chi connectivity index (χ3v) is 5.32. The number of benzene rings is 1. The smallest absolute Gasteiger partial charge is 0.191 e. The van der Waals surface area contributed by atoms with E-state index in [0.29, 0.717) is 12.5 Å². The fraction of sp³-hybridized carbons (Fsp3) is 0.474. The molecule has 0 bridgehead atoms. The zero-order chi connectivity index (χ0) is 17.5. The predicted octanol–water partition coefficient (Wildman–Crippen LogP) is 3.90. The number of aryl methyl sites for hydroxylation is 1. The molecule has 2 unspecified atom stereocenters. The SMILES string of the molecule is CN=C(NCc1ncc(C)s1)NCC1CCCOC1c1ccccc1.I. The Hall–Kier alpha value is -1.19. The van der Waals surface area contributed by atoms with E-state index < -0.39 is 0 Å². The minimum atomic E-state index is 0. The highest BCUT2D eigenvalue weighted by atomic mass is 127. The van der Waals surface area contributed by atoms with E-state index >= 15 is 0 Å². The highest BCUT2D eigenvalue weighted by Crippen LogP contribution is 2.33. The van der Waals surface area contributed by atoms with Crippen LogP contribution < -0.4 is 10.6 Å². The van der Waals surface area contributed by atoms with Crippen molar-refractivity contribution in [3.8, 4) is 0 Å². The van der Waals surface area contributed by atoms with Crippen molar-refractivity contribution in [2.75, 3.05) is 20.2 Å². The lowest BCUT2D eigenvalue weighted by molar-refractivity contribution is -0.0265. The molecule has 142 valence electrons. The molecule has 1 aliphatic heterocycles. The monoisotopic (exact) mass is 486 g/mol. The lowest BCUT2D eigenvalue weighted by Crippen LogP contribution is -2.41. The average molecular weight is 486 g/mol. The van der Waals surface area contributed by atoms with Crippen molar-refractivity contribution in [3.63, 3.8) is 0 Å². The molecule has 7 heteroatoms. The Labute approximate surface area is 176 Å². The second-order valence-electron chi connectivity index (χ2n) is 6.28. The van der Waals surface area contributed by atoms with E-state index in [1.807, 2.05) is 12.3 Å². The predicted molar refractivity (Wildman–Crippen MR) is 118 cm³/mol. The van der Waals surface area contributed by atoms with Gasteiger partial charge in [0.15, 0.2) is 5.96 Å². The van der Waals surface area contributed by atoms with Crippen molar-refractivity contribution in [2.45, 2.75) is 32.4 Å². The minimum Gasteiger partial charge on any atom is -0.373 e. The number of aromatic nitrogens is 1. The summed E-state index contributed by atoms with van der Waals surface area (Å²) in [5.74, 6) is 1.25. The van der Waals surface area contributed by atoms with Crippen molar-refractivity contribution in [2.24, 2.45) is 10.9 Å². The number of nitrogens with zero attached hydrogens (tertiary/aromatic N) is 2. The number of thiazole rings is 1. The lowest BCUT2D eigenvalue weighted by Gasteiger charge is -2.32. The van der Waals surface area contributed by atoms with Gasteiger partial charge in [0.2, 0.25) is 0 Å². The minimum absolute atomic E-state index is 0. The van der Waals surface area contributed by atoms with Gasteiger partial charge < -0.3 is 15.4 Å². The molecule has 5 nitrogen and oxygen atoms in total. The molecule has 0 amide bonds. The Morgan fingerprint density at radius 1 is 1.31 bits per heavy atom. The molecule has 0 aliphatic carbocycles. The number of rotatable bonds is 5. The molecule has 0 saturated carbocycles. The Balaban J connectivity index is 0.00000243. The largest absolute Gasteiger partial charge is 0.373 e. The first kappa shape index (κ1) is 21.1. The van der Waals surface area contributed by atoms with Crippen molar-refractivity contribution >= 4 is 41.3 Å². The number of hydrogen-bond donors (Lipinski definition) is 2. The van der Waals surface area contributed by atoms with Crippen LogP contribution in [0.4, 0.5) is 0 Å². The van der Waals surface area contributed by atoms with E-state index in [9.17, 15) is 0 Å². The molecule has 26 heavy (non-hydrogen) atoms. The van der Waals surface area contributed by atoms with Gasteiger partial charge in [0, 0.05) is 37.2 Å². The molecule has 1 aromatic heterocycles. The van der Waals surface area contributed by atoms with Crippen LogP contribution in [0.3, 0.4) is 0 Å². The van der Waals surface area contributed by atoms with E-state index in [0.717, 1.165) is 37.0 Å². The number of guanidine groups is 1. The second kappa shape index (κ2) is 10.8. The third kappa shape index (κ3) is 5.92. The summed E-state index contributed by atoms with van der Waals surface area (Å²) in [7, 11) is 1.80. The Morgan fingerprint density at radius 2 is 2.12 bits per heavy atom. The normalized spacial score (nSPS) is 20.3. The average Bonchev–Trinajstić information content (AvgIpc) is 3.08. The summed E-state index contributed by atoms with van der Waals surface area (Å²) < 4.78 is 6.07. The first-order chi connectivity index (χ1) is 12.3. The maximum atomic E-state index is 6.07. The Morgan fingerprint density at radius 3 is 2.81 bits per heavy atom. The van der Waals surface area contributed by atoms with Gasteiger partial charge in [-0.25, -0.2) is 4.98 Å². The van der Waals surface area contributed by atoms with E-state index in [4.69, 9.17) is 4.74 Å². The van der Waals surface area contributed by atoms with Gasteiger partial charge in [-0.2, -0.15) is 0 Å². The molecule has 0 radical (unpaired) electrons. The van der Waals surface area contributed by atoms with Gasteiger partial charge in [0.05, 0.1) is 12.6 Å². The van der Waals surface area contributed by atoms with E-state index in [2.05, 4.69) is 51.8 Å². The van der Waals surface area contributed by atoms with Crippen molar-refractivity contribution in [1.29, 1.82) is 0 Å². The summed E-state index contributed by atoms with van der Waals surface area (Å²) >= 11 is 1.71. The van der Waals surface area contributed by atoms with Crippen molar-refractivity contribution < 1.29 is 4.74 Å². The molecule has 2 aromatic rings. The van der Waals surface area contributed by atoms with E-state index in [1.54, 1.807) is 18.4 Å². The van der Waals surface area contributed by atoms with Crippen molar-refractivity contribution in [3.05, 3.63) is 52.0 Å². The molecule has 2 atom stereocenters. The summed E-state index contributed by atoms with van der Waals surface area (Å²) in [6, 6.07) is 10.5. The highest BCUT2D eigenvalue weighted by Gasteiger charge is 2.27. The van der Waals surface area contributed by atoms with Gasteiger partial charge in [-0.05, 0) is 25.3 Å². The van der Waals surface area contributed by atoms with Crippen LogP contribution in [0.1, 0.15) is 34.4 Å². The molecule has 0 spiro atoms. The zero-order valence-electron chi connectivity index (χ0n) is 15.3. The van der Waals surface area contributed by atoms with Gasteiger partial charge in [-0.15, -0.1) is 35.3 Å². The van der Waals surface area contributed by atoms with Gasteiger partial charge in [-0.3, -0.25) is 4.99 Å². The van der Waals surface area contributed by atoms with Gasteiger partial charge in [-0.1, -0.05) is 30.3 Å². The van der Waals surface area contributed by atoms with Crippen LogP contribution >= 0.6 is 35.3 Å². The molecule has 2 heterocycles. The third-order valence-electron chi connectivity index (χ3n) is 4.40. The van der Waals surface area contributed by atoms with Crippen LogP contribution in [-0.2, 0) is 11.3 Å². The summed E-state index contributed by atoms with van der Waals surface area (Å²) in [4.78, 5) is 9.93. The maximum absolute atomic E-state index is 6.07. The number of aliphatic imine (C=N–C) groups is 1. The molecule has 1 aliphatic rings. The van der Waals surface area contributed by atoms with Crippen LogP contribution in [0.5, 0.6) is 0 Å². The number of ether oxygens (including phenoxy) is 1. The maximum Gasteiger partial charge on any atom is 0.191 e. The molecule has 3 rings (SSSR count). The van der Waals surface area contributed by atoms with Crippen LogP contribution in [0.2, 0.25) is 0 Å². The summed E-state index contributed by atoms with van der Waals surface area (Å²) in [6.45, 7) is 4.45. The molecular formula is C19H27IN4OS.